The molecule has 0 fully saturated rings. The van der Waals surface area contributed by atoms with Crippen LogP contribution < -0.4 is 10.1 Å². The average molecular weight is 383 g/mol. The third-order valence-electron chi connectivity index (χ3n) is 4.30. The van der Waals surface area contributed by atoms with Gasteiger partial charge in [-0.25, -0.2) is 4.79 Å². The Kier molecular flexibility index (Phi) is 8.05. The molecule has 0 radical (unpaired) electrons. The topological polar surface area (TPSA) is 64.6 Å². The normalized spacial score (nSPS) is 11.8. The summed E-state index contributed by atoms with van der Waals surface area (Å²) < 4.78 is 10.4. The number of ether oxygens (including phenoxy) is 2. The van der Waals surface area contributed by atoms with Crippen LogP contribution in [0.2, 0.25) is 0 Å². The minimum Gasteiger partial charge on any atom is -0.482 e. The fourth-order valence-electron chi connectivity index (χ4n) is 2.82. The Bertz CT molecular complexity index is 783. The van der Waals surface area contributed by atoms with E-state index in [9.17, 15) is 9.59 Å². The zero-order chi connectivity index (χ0) is 20.5. The van der Waals surface area contributed by atoms with Gasteiger partial charge in [-0.1, -0.05) is 56.3 Å². The molecule has 0 spiro atoms. The molecule has 5 nitrogen and oxygen atoms in total. The van der Waals surface area contributed by atoms with E-state index >= 15 is 0 Å². The van der Waals surface area contributed by atoms with Crippen molar-refractivity contribution < 1.29 is 19.1 Å². The van der Waals surface area contributed by atoms with Crippen LogP contribution in [0.1, 0.15) is 43.5 Å². The van der Waals surface area contributed by atoms with Gasteiger partial charge >= 0.3 is 5.97 Å². The second-order valence-corrected chi connectivity index (χ2v) is 7.34. The molecule has 0 aliphatic rings. The van der Waals surface area contributed by atoms with Gasteiger partial charge in [0.15, 0.2) is 13.2 Å². The Morgan fingerprint density at radius 2 is 1.64 bits per heavy atom. The van der Waals surface area contributed by atoms with Gasteiger partial charge in [0, 0.05) is 0 Å². The number of para-hydroxylation sites is 1. The largest absolute Gasteiger partial charge is 0.482 e. The van der Waals surface area contributed by atoms with Crippen molar-refractivity contribution >= 4 is 11.9 Å². The van der Waals surface area contributed by atoms with Crippen LogP contribution in [0.25, 0.3) is 0 Å². The molecule has 2 aromatic rings. The lowest BCUT2D eigenvalue weighted by atomic mass is 10.00. The first kappa shape index (κ1) is 21.5. The molecule has 0 heterocycles. The van der Waals surface area contributed by atoms with Gasteiger partial charge in [-0.3, -0.25) is 4.79 Å². The summed E-state index contributed by atoms with van der Waals surface area (Å²) >= 11 is 0. The van der Waals surface area contributed by atoms with E-state index in [0.29, 0.717) is 11.7 Å². The molecular weight excluding hydrogens is 354 g/mol. The standard InChI is InChI=1S/C23H29NO4/c1-16(2)13-19-9-11-20(12-10-19)18(4)24-22(25)14-28-23(26)15-27-21-8-6-5-7-17(21)3/h5-12,16,18H,13-15H2,1-4H3,(H,24,25)/t18-/m1/s1. The van der Waals surface area contributed by atoms with Crippen molar-refractivity contribution in [1.29, 1.82) is 0 Å². The number of hydrogen-bond acceptors (Lipinski definition) is 4. The lowest BCUT2D eigenvalue weighted by Crippen LogP contribution is -2.32. The zero-order valence-electron chi connectivity index (χ0n) is 17.0. The number of aryl methyl sites for hydroxylation is 1. The van der Waals surface area contributed by atoms with E-state index in [2.05, 4.69) is 31.3 Å². The van der Waals surface area contributed by atoms with Crippen LogP contribution in [-0.2, 0) is 20.7 Å². The number of benzene rings is 2. The summed E-state index contributed by atoms with van der Waals surface area (Å²) in [5.41, 5.74) is 3.22. The molecule has 0 saturated heterocycles. The summed E-state index contributed by atoms with van der Waals surface area (Å²) in [6.07, 6.45) is 1.03. The predicted molar refractivity (Wildman–Crippen MR) is 109 cm³/mol. The van der Waals surface area contributed by atoms with Crippen LogP contribution in [0.15, 0.2) is 48.5 Å². The van der Waals surface area contributed by atoms with Gasteiger partial charge < -0.3 is 14.8 Å². The molecule has 0 aromatic heterocycles. The van der Waals surface area contributed by atoms with Gasteiger partial charge in [0.05, 0.1) is 6.04 Å². The number of nitrogens with one attached hydrogen (secondary N) is 1. The summed E-state index contributed by atoms with van der Waals surface area (Å²) in [7, 11) is 0. The first-order valence-corrected chi connectivity index (χ1v) is 9.57. The lowest BCUT2D eigenvalue weighted by molar-refractivity contribution is -0.150. The van der Waals surface area contributed by atoms with Crippen molar-refractivity contribution in [2.45, 2.75) is 40.2 Å². The number of amides is 1. The number of carbonyl (C=O) groups is 2. The van der Waals surface area contributed by atoms with Crippen LogP contribution >= 0.6 is 0 Å². The first-order valence-electron chi connectivity index (χ1n) is 9.57. The van der Waals surface area contributed by atoms with Crippen LogP contribution in [0.3, 0.4) is 0 Å². The van der Waals surface area contributed by atoms with Gasteiger partial charge in [0.25, 0.3) is 5.91 Å². The smallest absolute Gasteiger partial charge is 0.344 e. The minimum atomic E-state index is -0.580. The van der Waals surface area contributed by atoms with Crippen LogP contribution in [0.5, 0.6) is 5.75 Å². The molecule has 1 N–H and O–H groups in total. The number of esters is 1. The van der Waals surface area contributed by atoms with E-state index in [4.69, 9.17) is 9.47 Å². The van der Waals surface area contributed by atoms with Crippen LogP contribution in [0, 0.1) is 12.8 Å². The van der Waals surface area contributed by atoms with Gasteiger partial charge in [-0.2, -0.15) is 0 Å². The molecule has 2 rings (SSSR count). The number of hydrogen-bond donors (Lipinski definition) is 1. The van der Waals surface area contributed by atoms with Crippen LogP contribution in [0.4, 0.5) is 0 Å². The van der Waals surface area contributed by atoms with E-state index in [-0.39, 0.29) is 25.2 Å². The molecule has 1 amide bonds. The summed E-state index contributed by atoms with van der Waals surface area (Å²) in [5, 5.41) is 2.84. The summed E-state index contributed by atoms with van der Waals surface area (Å²) in [6.45, 7) is 7.61. The maximum absolute atomic E-state index is 12.0. The second kappa shape index (κ2) is 10.5. The molecule has 28 heavy (non-hydrogen) atoms. The number of rotatable bonds is 9. The Morgan fingerprint density at radius 1 is 0.964 bits per heavy atom. The molecule has 2 aromatic carbocycles. The van der Waals surface area contributed by atoms with E-state index in [0.717, 1.165) is 17.5 Å². The Hall–Kier alpha value is -2.82. The zero-order valence-corrected chi connectivity index (χ0v) is 17.0. The highest BCUT2D eigenvalue weighted by molar-refractivity contribution is 5.81. The van der Waals surface area contributed by atoms with E-state index < -0.39 is 5.97 Å². The predicted octanol–water partition coefficient (Wildman–Crippen LogP) is 3.99. The summed E-state index contributed by atoms with van der Waals surface area (Å²) in [4.78, 5) is 23.8. The monoisotopic (exact) mass is 383 g/mol. The molecule has 0 saturated carbocycles. The van der Waals surface area contributed by atoms with Crippen molar-refractivity contribution in [2.75, 3.05) is 13.2 Å². The summed E-state index contributed by atoms with van der Waals surface area (Å²) in [6, 6.07) is 15.4. The van der Waals surface area contributed by atoms with Gasteiger partial charge in [-0.05, 0) is 48.9 Å². The average Bonchev–Trinajstić information content (AvgIpc) is 2.65. The second-order valence-electron chi connectivity index (χ2n) is 7.34. The van der Waals surface area contributed by atoms with Crippen molar-refractivity contribution in [3.05, 3.63) is 65.2 Å². The summed E-state index contributed by atoms with van der Waals surface area (Å²) in [5.74, 6) is 0.304. The maximum atomic E-state index is 12.0. The van der Waals surface area contributed by atoms with Crippen molar-refractivity contribution in [1.82, 2.24) is 5.32 Å². The third kappa shape index (κ3) is 7.06. The van der Waals surface area contributed by atoms with Gasteiger partial charge in [0.1, 0.15) is 5.75 Å². The maximum Gasteiger partial charge on any atom is 0.344 e. The van der Waals surface area contributed by atoms with Crippen molar-refractivity contribution in [2.24, 2.45) is 5.92 Å². The van der Waals surface area contributed by atoms with Gasteiger partial charge in [0.2, 0.25) is 0 Å². The fourth-order valence-corrected chi connectivity index (χ4v) is 2.82. The van der Waals surface area contributed by atoms with Crippen molar-refractivity contribution in [3.8, 4) is 5.75 Å². The fraction of sp³-hybridized carbons (Fsp3) is 0.391. The highest BCUT2D eigenvalue weighted by Gasteiger charge is 2.13. The molecule has 0 aliphatic carbocycles. The highest BCUT2D eigenvalue weighted by atomic mass is 16.6. The minimum absolute atomic E-state index is 0.164. The molecule has 0 unspecified atom stereocenters. The SMILES string of the molecule is Cc1ccccc1OCC(=O)OCC(=O)N[C@H](C)c1ccc(CC(C)C)cc1. The molecular formula is C23H29NO4. The van der Waals surface area contributed by atoms with E-state index in [1.54, 1.807) is 6.07 Å². The Balaban J connectivity index is 1.73. The molecule has 0 bridgehead atoms. The van der Waals surface area contributed by atoms with Gasteiger partial charge in [-0.15, -0.1) is 0 Å². The van der Waals surface area contributed by atoms with Crippen molar-refractivity contribution in [3.63, 3.8) is 0 Å². The first-order chi connectivity index (χ1) is 13.3. The third-order valence-corrected chi connectivity index (χ3v) is 4.30. The molecule has 150 valence electrons. The van der Waals surface area contributed by atoms with E-state index in [1.807, 2.05) is 44.2 Å². The molecule has 5 heteroatoms. The van der Waals surface area contributed by atoms with Crippen LogP contribution in [-0.4, -0.2) is 25.1 Å². The number of carbonyl (C=O) groups excluding carboxylic acids is 2. The quantitative estimate of drug-likeness (QED) is 0.665. The molecule has 1 atom stereocenters. The van der Waals surface area contributed by atoms with E-state index in [1.165, 1.54) is 5.56 Å². The highest BCUT2D eigenvalue weighted by Crippen LogP contribution is 2.16. The Morgan fingerprint density at radius 3 is 2.29 bits per heavy atom. The molecule has 0 aliphatic heterocycles. The Labute approximate surface area is 167 Å². The lowest BCUT2D eigenvalue weighted by Gasteiger charge is -2.15.